The summed E-state index contributed by atoms with van der Waals surface area (Å²) in [7, 11) is 0. The lowest BCUT2D eigenvalue weighted by Gasteiger charge is -2.17. The van der Waals surface area contributed by atoms with Crippen LogP contribution >= 0.6 is 11.8 Å². The number of aliphatic hydroxyl groups excluding tert-OH is 1. The van der Waals surface area contributed by atoms with Crippen molar-refractivity contribution in [3.63, 3.8) is 0 Å². The van der Waals surface area contributed by atoms with Crippen molar-refractivity contribution in [1.29, 1.82) is 0 Å². The third kappa shape index (κ3) is 15.0. The van der Waals surface area contributed by atoms with Gasteiger partial charge in [-0.05, 0) is 54.8 Å². The van der Waals surface area contributed by atoms with Crippen molar-refractivity contribution in [2.24, 2.45) is 16.0 Å². The summed E-state index contributed by atoms with van der Waals surface area (Å²) in [4.78, 5) is 96.3. The largest absolute Gasteiger partial charge is 0.480 e. The zero-order valence-corrected chi connectivity index (χ0v) is 29.6. The minimum Gasteiger partial charge on any atom is -0.480 e. The highest BCUT2D eigenvalue weighted by atomic mass is 32.2. The molecule has 0 bridgehead atoms. The van der Waals surface area contributed by atoms with Gasteiger partial charge in [-0.1, -0.05) is 12.1 Å². The van der Waals surface area contributed by atoms with E-state index in [9.17, 15) is 38.4 Å². The van der Waals surface area contributed by atoms with E-state index in [2.05, 4.69) is 20.9 Å². The quantitative estimate of drug-likeness (QED) is 0.0584. The van der Waals surface area contributed by atoms with Crippen LogP contribution in [0.15, 0.2) is 58.8 Å². The number of anilines is 1. The summed E-state index contributed by atoms with van der Waals surface area (Å²) in [5.74, 6) is -3.17. The predicted octanol–water partition coefficient (Wildman–Crippen LogP) is 1.98. The molecule has 284 valence electrons. The summed E-state index contributed by atoms with van der Waals surface area (Å²) < 4.78 is 4.83. The Labute approximate surface area is 309 Å². The van der Waals surface area contributed by atoms with E-state index in [1.807, 2.05) is 0 Å². The Morgan fingerprint density at radius 2 is 1.62 bits per heavy atom. The molecule has 3 atom stereocenters. The number of azo groups is 1. The molecule has 0 aromatic heterocycles. The van der Waals surface area contributed by atoms with Gasteiger partial charge in [-0.15, -0.1) is 11.8 Å². The van der Waals surface area contributed by atoms with Crippen LogP contribution in [0.1, 0.15) is 50.5 Å². The third-order valence-corrected chi connectivity index (χ3v) is 9.03. The number of rotatable bonds is 24. The Morgan fingerprint density at radius 3 is 2.25 bits per heavy atom. The third-order valence-electron chi connectivity index (χ3n) is 7.84. The number of benzene rings is 2. The van der Waals surface area contributed by atoms with Crippen LogP contribution in [-0.4, -0.2) is 106 Å². The minimum absolute atomic E-state index is 0.0158. The van der Waals surface area contributed by atoms with Crippen LogP contribution < -0.4 is 16.4 Å². The highest BCUT2D eigenvalue weighted by Gasteiger charge is 2.39. The van der Waals surface area contributed by atoms with E-state index < -0.39 is 47.0 Å². The minimum atomic E-state index is -1.23. The molecule has 0 aliphatic carbocycles. The van der Waals surface area contributed by atoms with Crippen LogP contribution in [-0.2, 0) is 49.5 Å². The van der Waals surface area contributed by atoms with Crippen molar-refractivity contribution in [2.45, 2.75) is 68.8 Å². The standard InChI is InChI=1S/C35H42N6O11S/c36-29(35(50)51)17-28(52-21-43)2-1-3-31(46)37-19-26(44)12-13-32(47)38-23-8-10-25(11-9-23)40-39-24-6-4-22(5-7-24)16-27(45)20-41-33(48)18-30(34(41)49)53-15-14-42/h4-11,21,28-30,42H,1-3,12-20,36H2,(H,37,46)(H,38,47)(H,50,51)/t28?,29-,30?/m0/s1. The van der Waals surface area contributed by atoms with Gasteiger partial charge in [0.1, 0.15) is 12.1 Å². The normalized spacial score (nSPS) is 15.2. The van der Waals surface area contributed by atoms with Gasteiger partial charge in [0.15, 0.2) is 11.6 Å². The maximum atomic E-state index is 12.6. The molecule has 1 heterocycles. The first kappa shape index (κ1) is 42.1. The predicted molar refractivity (Wildman–Crippen MR) is 191 cm³/mol. The lowest BCUT2D eigenvalue weighted by Crippen LogP contribution is -2.36. The molecule has 1 aliphatic rings. The number of imide groups is 1. The van der Waals surface area contributed by atoms with E-state index in [0.717, 1.165) is 4.90 Å². The van der Waals surface area contributed by atoms with Gasteiger partial charge in [0.2, 0.25) is 23.6 Å². The van der Waals surface area contributed by atoms with Crippen molar-refractivity contribution in [3.8, 4) is 0 Å². The Bertz CT molecular complexity index is 1650. The summed E-state index contributed by atoms with van der Waals surface area (Å²) in [6, 6.07) is 12.0. The van der Waals surface area contributed by atoms with Gasteiger partial charge in [0.25, 0.3) is 6.47 Å². The number of carboxylic acids is 1. The first-order chi connectivity index (χ1) is 25.4. The van der Waals surface area contributed by atoms with Crippen LogP contribution in [0.25, 0.3) is 0 Å². The fourth-order valence-corrected chi connectivity index (χ4v) is 5.98. The molecule has 0 radical (unpaired) electrons. The highest BCUT2D eigenvalue weighted by molar-refractivity contribution is 8.00. The number of Topliss-reactive ketones (excluding diaryl/α,β-unsaturated/α-hetero) is 2. The first-order valence-corrected chi connectivity index (χ1v) is 17.8. The molecule has 2 unspecified atom stereocenters. The Hall–Kier alpha value is -5.33. The monoisotopic (exact) mass is 754 g/mol. The van der Waals surface area contributed by atoms with Gasteiger partial charge in [-0.2, -0.15) is 10.2 Å². The number of nitrogens with zero attached hydrogens (tertiary/aromatic N) is 3. The van der Waals surface area contributed by atoms with Gasteiger partial charge in [-0.3, -0.25) is 43.3 Å². The molecule has 1 fully saturated rings. The molecule has 6 N–H and O–H groups in total. The Kier molecular flexibility index (Phi) is 17.4. The van der Waals surface area contributed by atoms with Gasteiger partial charge < -0.3 is 31.3 Å². The molecule has 2 aromatic carbocycles. The number of ketones is 2. The van der Waals surface area contributed by atoms with Crippen molar-refractivity contribution in [3.05, 3.63) is 54.1 Å². The highest BCUT2D eigenvalue weighted by Crippen LogP contribution is 2.25. The van der Waals surface area contributed by atoms with E-state index in [-0.39, 0.29) is 89.1 Å². The average molecular weight is 755 g/mol. The van der Waals surface area contributed by atoms with Crippen LogP contribution in [0, 0.1) is 0 Å². The number of nitrogens with two attached hydrogens (primary N) is 1. The fourth-order valence-electron chi connectivity index (χ4n) is 5.06. The topological polar surface area (TPSA) is 264 Å². The van der Waals surface area contributed by atoms with Crippen LogP contribution in [0.5, 0.6) is 0 Å². The molecule has 2 aromatic rings. The molecular weight excluding hydrogens is 712 g/mol. The molecule has 1 aliphatic heterocycles. The van der Waals surface area contributed by atoms with Crippen LogP contribution in [0.3, 0.4) is 0 Å². The molecule has 17 nitrogen and oxygen atoms in total. The molecule has 3 rings (SSSR count). The molecule has 0 saturated carbocycles. The number of hydrogen-bond donors (Lipinski definition) is 5. The van der Waals surface area contributed by atoms with Gasteiger partial charge in [0.05, 0.1) is 36.3 Å². The number of carbonyl (C=O) groups is 8. The van der Waals surface area contributed by atoms with Crippen molar-refractivity contribution in [1.82, 2.24) is 10.2 Å². The second-order valence-electron chi connectivity index (χ2n) is 12.0. The molecular formula is C35H42N6O11S. The average Bonchev–Trinajstić information content (AvgIpc) is 3.39. The number of amides is 4. The van der Waals surface area contributed by atoms with Gasteiger partial charge >= 0.3 is 5.97 Å². The van der Waals surface area contributed by atoms with Gasteiger partial charge in [-0.25, -0.2) is 0 Å². The summed E-state index contributed by atoms with van der Waals surface area (Å²) in [5, 5.41) is 30.8. The lowest BCUT2D eigenvalue weighted by atomic mass is 10.0. The maximum absolute atomic E-state index is 12.6. The van der Waals surface area contributed by atoms with E-state index in [1.54, 1.807) is 48.5 Å². The second kappa shape index (κ2) is 21.9. The number of hydrogen-bond acceptors (Lipinski definition) is 14. The SMILES string of the molecule is N[C@@H](CC(CCCC(=O)NCC(=O)CCC(=O)Nc1ccc(N=Nc2ccc(CC(=O)CN3C(=O)CC(SCCO)C3=O)cc2)cc1)OC=O)C(=O)O. The van der Waals surface area contributed by atoms with E-state index >= 15 is 0 Å². The van der Waals surface area contributed by atoms with Gasteiger partial charge in [0, 0.05) is 50.0 Å². The molecule has 18 heteroatoms. The Balaban J connectivity index is 1.34. The molecule has 1 saturated heterocycles. The number of aliphatic hydroxyl groups is 1. The second-order valence-corrected chi connectivity index (χ2v) is 13.3. The number of likely N-dealkylation sites (tertiary alicyclic amines) is 1. The van der Waals surface area contributed by atoms with E-state index in [0.29, 0.717) is 28.4 Å². The summed E-state index contributed by atoms with van der Waals surface area (Å²) >= 11 is 1.20. The first-order valence-electron chi connectivity index (χ1n) is 16.7. The number of thioether (sulfide) groups is 1. The lowest BCUT2D eigenvalue weighted by molar-refractivity contribution is -0.142. The zero-order chi connectivity index (χ0) is 38.8. The number of carbonyl (C=O) groups excluding carboxylic acids is 7. The molecule has 53 heavy (non-hydrogen) atoms. The number of aliphatic carboxylic acids is 1. The van der Waals surface area contributed by atoms with E-state index in [4.69, 9.17) is 20.7 Å². The van der Waals surface area contributed by atoms with Crippen molar-refractivity contribution < 1.29 is 53.3 Å². The summed E-state index contributed by atoms with van der Waals surface area (Å²) in [6.07, 6.45) is -0.501. The smallest absolute Gasteiger partial charge is 0.320 e. The summed E-state index contributed by atoms with van der Waals surface area (Å²) in [6.45, 7) is -0.469. The molecule has 0 spiro atoms. The van der Waals surface area contributed by atoms with Crippen LogP contribution in [0.4, 0.5) is 17.1 Å². The van der Waals surface area contributed by atoms with Crippen molar-refractivity contribution in [2.75, 3.05) is 30.8 Å². The summed E-state index contributed by atoms with van der Waals surface area (Å²) in [5.41, 5.74) is 7.63. The Morgan fingerprint density at radius 1 is 0.962 bits per heavy atom. The number of carboxylic acid groups (broad SMARTS) is 1. The number of nitrogens with one attached hydrogen (secondary N) is 2. The zero-order valence-electron chi connectivity index (χ0n) is 28.8. The van der Waals surface area contributed by atoms with Crippen LogP contribution in [0.2, 0.25) is 0 Å². The van der Waals surface area contributed by atoms with E-state index in [1.165, 1.54) is 11.8 Å². The fraction of sp³-hybridized carbons (Fsp3) is 0.429. The number of ether oxygens (including phenoxy) is 1. The van der Waals surface area contributed by atoms with Crippen molar-refractivity contribution >= 4 is 76.5 Å². The molecule has 4 amide bonds. The maximum Gasteiger partial charge on any atom is 0.320 e.